The number of rotatable bonds is 0. The topological polar surface area (TPSA) is 30.5 Å². The Kier molecular flexibility index (Phi) is 2.49. The summed E-state index contributed by atoms with van der Waals surface area (Å²) in [6, 6.07) is 0. The van der Waals surface area contributed by atoms with Gasteiger partial charge in [-0.3, -0.25) is 0 Å². The third kappa shape index (κ3) is 1.44. The molecule has 1 unspecified atom stereocenters. The van der Waals surface area contributed by atoms with Crippen molar-refractivity contribution in [3.63, 3.8) is 0 Å². The Hall–Kier alpha value is -0.120. The Bertz CT molecular complexity index is 222. The summed E-state index contributed by atoms with van der Waals surface area (Å²) in [7, 11) is 0. The summed E-state index contributed by atoms with van der Waals surface area (Å²) in [5, 5.41) is 3.54. The lowest BCUT2D eigenvalue weighted by molar-refractivity contribution is -0.260. The van der Waals surface area contributed by atoms with E-state index in [2.05, 4.69) is 5.32 Å². The van der Waals surface area contributed by atoms with Crippen LogP contribution in [0.2, 0.25) is 0 Å². The van der Waals surface area contributed by atoms with Gasteiger partial charge in [-0.2, -0.15) is 0 Å². The second kappa shape index (κ2) is 3.72. The van der Waals surface area contributed by atoms with Crippen molar-refractivity contribution in [3.05, 3.63) is 0 Å². The summed E-state index contributed by atoms with van der Waals surface area (Å²) < 4.78 is 12.0. The van der Waals surface area contributed by atoms with Crippen LogP contribution in [0.1, 0.15) is 38.5 Å². The van der Waals surface area contributed by atoms with Gasteiger partial charge in [0.25, 0.3) is 0 Å². The van der Waals surface area contributed by atoms with Crippen LogP contribution in [0.25, 0.3) is 0 Å². The number of nitrogens with one attached hydrogen (secondary N) is 1. The van der Waals surface area contributed by atoms with Crippen molar-refractivity contribution < 1.29 is 9.47 Å². The van der Waals surface area contributed by atoms with E-state index in [0.717, 1.165) is 32.7 Å². The molecule has 2 saturated heterocycles. The van der Waals surface area contributed by atoms with Gasteiger partial charge in [-0.05, 0) is 32.2 Å². The van der Waals surface area contributed by atoms with E-state index in [4.69, 9.17) is 9.47 Å². The molecule has 3 aliphatic rings. The minimum absolute atomic E-state index is 0.224. The van der Waals surface area contributed by atoms with Crippen molar-refractivity contribution in [1.82, 2.24) is 5.32 Å². The van der Waals surface area contributed by atoms with Gasteiger partial charge in [-0.15, -0.1) is 0 Å². The number of piperidine rings is 1. The van der Waals surface area contributed by atoms with Crippen molar-refractivity contribution in [2.45, 2.75) is 44.3 Å². The third-order valence-corrected chi connectivity index (χ3v) is 4.45. The molecule has 3 nitrogen and oxygen atoms in total. The second-order valence-electron chi connectivity index (χ2n) is 5.22. The molecule has 3 rings (SSSR count). The molecule has 2 spiro atoms. The summed E-state index contributed by atoms with van der Waals surface area (Å²) in [4.78, 5) is 0. The van der Waals surface area contributed by atoms with Crippen LogP contribution >= 0.6 is 0 Å². The van der Waals surface area contributed by atoms with Gasteiger partial charge >= 0.3 is 0 Å². The smallest absolute Gasteiger partial charge is 0.175 e. The van der Waals surface area contributed by atoms with Crippen LogP contribution in [-0.4, -0.2) is 32.1 Å². The van der Waals surface area contributed by atoms with Crippen LogP contribution in [0.3, 0.4) is 0 Å². The Morgan fingerprint density at radius 3 is 2.33 bits per heavy atom. The molecular weight excluding hydrogens is 190 g/mol. The van der Waals surface area contributed by atoms with Gasteiger partial charge in [0.15, 0.2) is 5.79 Å². The molecular formula is C12H21NO2. The molecule has 3 heteroatoms. The van der Waals surface area contributed by atoms with Gasteiger partial charge < -0.3 is 14.8 Å². The largest absolute Gasteiger partial charge is 0.347 e. The minimum Gasteiger partial charge on any atom is -0.347 e. The van der Waals surface area contributed by atoms with Gasteiger partial charge in [0.1, 0.15) is 0 Å². The molecule has 0 aromatic heterocycles. The van der Waals surface area contributed by atoms with Gasteiger partial charge in [0.2, 0.25) is 0 Å². The van der Waals surface area contributed by atoms with Crippen molar-refractivity contribution >= 4 is 0 Å². The van der Waals surface area contributed by atoms with E-state index in [0.29, 0.717) is 0 Å². The maximum Gasteiger partial charge on any atom is 0.175 e. The summed E-state index contributed by atoms with van der Waals surface area (Å²) in [5.74, 6) is -0.224. The lowest BCUT2D eigenvalue weighted by atomic mass is 9.65. The molecule has 3 fully saturated rings. The predicted octanol–water partition coefficient (Wildman–Crippen LogP) is 1.67. The fourth-order valence-corrected chi connectivity index (χ4v) is 3.69. The van der Waals surface area contributed by atoms with E-state index < -0.39 is 0 Å². The number of ether oxygens (including phenoxy) is 2. The van der Waals surface area contributed by atoms with E-state index in [-0.39, 0.29) is 11.2 Å². The van der Waals surface area contributed by atoms with Gasteiger partial charge in [-0.25, -0.2) is 0 Å². The van der Waals surface area contributed by atoms with E-state index >= 15 is 0 Å². The van der Waals surface area contributed by atoms with Crippen molar-refractivity contribution in [3.8, 4) is 0 Å². The molecule has 0 bridgehead atoms. The Morgan fingerprint density at radius 2 is 1.60 bits per heavy atom. The molecule has 2 aliphatic heterocycles. The van der Waals surface area contributed by atoms with E-state index in [9.17, 15) is 0 Å². The Morgan fingerprint density at radius 1 is 0.867 bits per heavy atom. The summed E-state index contributed by atoms with van der Waals surface area (Å²) in [6.07, 6.45) is 7.54. The highest BCUT2D eigenvalue weighted by Gasteiger charge is 2.56. The zero-order valence-electron chi connectivity index (χ0n) is 9.39. The van der Waals surface area contributed by atoms with Crippen LogP contribution in [-0.2, 0) is 9.47 Å². The number of fused-ring (bicyclic) bond motifs is 1. The first kappa shape index (κ1) is 10.1. The first-order valence-corrected chi connectivity index (χ1v) is 6.36. The highest BCUT2D eigenvalue weighted by Crippen LogP contribution is 2.52. The average Bonchev–Trinajstić information content (AvgIpc) is 2.75. The fourth-order valence-electron chi connectivity index (χ4n) is 3.69. The van der Waals surface area contributed by atoms with Crippen LogP contribution in [0, 0.1) is 5.41 Å². The molecule has 0 radical (unpaired) electrons. The quantitative estimate of drug-likeness (QED) is 0.661. The SMILES string of the molecule is C1CCC2(OCCO2)C2(C1)CCCNC2. The van der Waals surface area contributed by atoms with Crippen molar-refractivity contribution in [1.29, 1.82) is 0 Å². The minimum atomic E-state index is -0.224. The van der Waals surface area contributed by atoms with Crippen LogP contribution < -0.4 is 5.32 Å². The molecule has 0 aromatic rings. The highest BCUT2D eigenvalue weighted by molar-refractivity contribution is 5.01. The molecule has 2 heterocycles. The molecule has 1 aliphatic carbocycles. The standard InChI is InChI=1S/C12H21NO2/c1-2-6-12(14-8-9-15-12)11(4-1)5-3-7-13-10-11/h13H,1-10H2. The maximum absolute atomic E-state index is 6.01. The van der Waals surface area contributed by atoms with Gasteiger partial charge in [0.05, 0.1) is 13.2 Å². The summed E-state index contributed by atoms with van der Waals surface area (Å²) in [5.41, 5.74) is 0.278. The van der Waals surface area contributed by atoms with E-state index in [1.54, 1.807) is 0 Å². The van der Waals surface area contributed by atoms with Crippen LogP contribution in [0.15, 0.2) is 0 Å². The second-order valence-corrected chi connectivity index (χ2v) is 5.22. The molecule has 15 heavy (non-hydrogen) atoms. The first-order valence-electron chi connectivity index (χ1n) is 6.36. The molecule has 1 atom stereocenters. The predicted molar refractivity (Wildman–Crippen MR) is 57.6 cm³/mol. The monoisotopic (exact) mass is 211 g/mol. The average molecular weight is 211 g/mol. The zero-order valence-corrected chi connectivity index (χ0v) is 9.39. The molecule has 1 saturated carbocycles. The van der Waals surface area contributed by atoms with Crippen molar-refractivity contribution in [2.24, 2.45) is 5.41 Å². The first-order chi connectivity index (χ1) is 7.37. The molecule has 86 valence electrons. The molecule has 0 aromatic carbocycles. The van der Waals surface area contributed by atoms with Crippen molar-refractivity contribution in [2.75, 3.05) is 26.3 Å². The highest BCUT2D eigenvalue weighted by atomic mass is 16.7. The van der Waals surface area contributed by atoms with E-state index in [1.165, 1.54) is 32.1 Å². The van der Waals surface area contributed by atoms with Gasteiger partial charge in [0, 0.05) is 18.4 Å². The molecule has 1 N–H and O–H groups in total. The number of hydrogen-bond acceptors (Lipinski definition) is 3. The normalized spacial score (nSPS) is 40.0. The lowest BCUT2D eigenvalue weighted by Crippen LogP contribution is -2.58. The van der Waals surface area contributed by atoms with E-state index in [1.807, 2.05) is 0 Å². The molecule has 0 amide bonds. The zero-order chi connectivity index (χ0) is 10.2. The Labute approximate surface area is 91.5 Å². The van der Waals surface area contributed by atoms with Crippen LogP contribution in [0.5, 0.6) is 0 Å². The third-order valence-electron chi connectivity index (χ3n) is 4.45. The Balaban J connectivity index is 1.88. The maximum atomic E-state index is 6.01. The van der Waals surface area contributed by atoms with Crippen LogP contribution in [0.4, 0.5) is 0 Å². The summed E-state index contributed by atoms with van der Waals surface area (Å²) in [6.45, 7) is 3.84. The van der Waals surface area contributed by atoms with Gasteiger partial charge in [-0.1, -0.05) is 6.42 Å². The summed E-state index contributed by atoms with van der Waals surface area (Å²) >= 11 is 0. The fraction of sp³-hybridized carbons (Fsp3) is 1.00. The lowest BCUT2D eigenvalue weighted by Gasteiger charge is -2.52. The number of hydrogen-bond donors (Lipinski definition) is 1.